The average molecular weight is 185 g/mol. The number of carbonyl (C=O) groups is 1. The summed E-state index contributed by atoms with van der Waals surface area (Å²) >= 11 is 0. The zero-order chi connectivity index (χ0) is 9.68. The molecule has 0 aliphatic carbocycles. The number of rotatable bonds is 5. The molecule has 2 N–H and O–H groups in total. The Labute approximate surface area is 74.9 Å². The molecule has 0 fully saturated rings. The maximum absolute atomic E-state index is 10.6. The first-order chi connectivity index (χ1) is 6.24. The molecule has 13 heavy (non-hydrogen) atoms. The van der Waals surface area contributed by atoms with Crippen molar-refractivity contribution in [3.05, 3.63) is 12.2 Å². The first-order valence-corrected chi connectivity index (χ1v) is 3.95. The van der Waals surface area contributed by atoms with Crippen LogP contribution in [-0.2, 0) is 11.3 Å². The average Bonchev–Trinajstić information content (AvgIpc) is 2.57. The van der Waals surface area contributed by atoms with Gasteiger partial charge in [-0.25, -0.2) is 0 Å². The molecular formula is C7H11N3O3. The van der Waals surface area contributed by atoms with Gasteiger partial charge in [-0.15, -0.1) is 0 Å². The van der Waals surface area contributed by atoms with E-state index in [9.17, 15) is 4.79 Å². The number of nitrogens with zero attached hydrogens (tertiary/aromatic N) is 2. The molecule has 1 atom stereocenters. The standard InChI is InChI=1S/C7H11N3O3/c1-2-5(7(11)12)8-3-6-9-4-13-10-6/h4-5,8H,2-3H2,1H3,(H,11,12). The number of aliphatic carboxylic acids is 1. The van der Waals surface area contributed by atoms with Gasteiger partial charge in [0.15, 0.2) is 5.82 Å². The van der Waals surface area contributed by atoms with Crippen LogP contribution in [0.4, 0.5) is 0 Å². The van der Waals surface area contributed by atoms with Gasteiger partial charge in [-0.05, 0) is 6.42 Å². The molecule has 0 radical (unpaired) electrons. The summed E-state index contributed by atoms with van der Waals surface area (Å²) < 4.78 is 4.49. The van der Waals surface area contributed by atoms with Crippen molar-refractivity contribution in [2.45, 2.75) is 25.9 Å². The third-order valence-corrected chi connectivity index (χ3v) is 1.62. The smallest absolute Gasteiger partial charge is 0.320 e. The number of carboxylic acid groups (broad SMARTS) is 1. The molecular weight excluding hydrogens is 174 g/mol. The van der Waals surface area contributed by atoms with Crippen molar-refractivity contribution < 1.29 is 14.4 Å². The van der Waals surface area contributed by atoms with Crippen LogP contribution >= 0.6 is 0 Å². The molecule has 0 amide bonds. The van der Waals surface area contributed by atoms with Crippen LogP contribution in [0, 0.1) is 0 Å². The molecule has 1 aromatic heterocycles. The first kappa shape index (κ1) is 9.66. The van der Waals surface area contributed by atoms with Gasteiger partial charge < -0.3 is 9.63 Å². The van der Waals surface area contributed by atoms with E-state index in [2.05, 4.69) is 20.0 Å². The lowest BCUT2D eigenvalue weighted by Gasteiger charge is -2.09. The molecule has 0 aliphatic rings. The predicted molar refractivity (Wildman–Crippen MR) is 42.9 cm³/mol. The lowest BCUT2D eigenvalue weighted by atomic mass is 10.2. The Morgan fingerprint density at radius 1 is 1.85 bits per heavy atom. The molecule has 0 saturated heterocycles. The van der Waals surface area contributed by atoms with E-state index in [4.69, 9.17) is 5.11 Å². The Kier molecular flexibility index (Phi) is 3.39. The number of aromatic nitrogens is 2. The van der Waals surface area contributed by atoms with Crippen LogP contribution in [0.3, 0.4) is 0 Å². The van der Waals surface area contributed by atoms with Crippen molar-refractivity contribution in [1.29, 1.82) is 0 Å². The van der Waals surface area contributed by atoms with Gasteiger partial charge >= 0.3 is 5.97 Å². The van der Waals surface area contributed by atoms with Crippen molar-refractivity contribution in [2.75, 3.05) is 0 Å². The Hall–Kier alpha value is -1.43. The number of hydrogen-bond donors (Lipinski definition) is 2. The van der Waals surface area contributed by atoms with Crippen LogP contribution < -0.4 is 5.32 Å². The second-order valence-electron chi connectivity index (χ2n) is 2.53. The number of hydrogen-bond acceptors (Lipinski definition) is 5. The van der Waals surface area contributed by atoms with Crippen LogP contribution in [0.25, 0.3) is 0 Å². The molecule has 72 valence electrons. The van der Waals surface area contributed by atoms with Crippen LogP contribution in [-0.4, -0.2) is 27.3 Å². The quantitative estimate of drug-likeness (QED) is 0.672. The SMILES string of the molecule is CCC(NCc1ncon1)C(=O)O. The van der Waals surface area contributed by atoms with Crippen LogP contribution in [0.5, 0.6) is 0 Å². The van der Waals surface area contributed by atoms with E-state index in [1.165, 1.54) is 6.39 Å². The van der Waals surface area contributed by atoms with Crippen molar-refractivity contribution >= 4 is 5.97 Å². The van der Waals surface area contributed by atoms with Gasteiger partial charge in [-0.2, -0.15) is 4.98 Å². The minimum atomic E-state index is -0.869. The number of carboxylic acids is 1. The highest BCUT2D eigenvalue weighted by Gasteiger charge is 2.14. The van der Waals surface area contributed by atoms with Crippen LogP contribution in [0.1, 0.15) is 19.2 Å². The summed E-state index contributed by atoms with van der Waals surface area (Å²) in [6, 6.07) is -0.557. The summed E-state index contributed by atoms with van der Waals surface area (Å²) in [6.45, 7) is 2.10. The Morgan fingerprint density at radius 2 is 2.62 bits per heavy atom. The fourth-order valence-electron chi connectivity index (χ4n) is 0.891. The van der Waals surface area contributed by atoms with Crippen molar-refractivity contribution in [3.8, 4) is 0 Å². The van der Waals surface area contributed by atoms with Crippen LogP contribution in [0.15, 0.2) is 10.9 Å². The Balaban J connectivity index is 2.36. The van der Waals surface area contributed by atoms with E-state index in [1.807, 2.05) is 0 Å². The van der Waals surface area contributed by atoms with Gasteiger partial charge in [-0.1, -0.05) is 12.1 Å². The molecule has 1 aromatic rings. The van der Waals surface area contributed by atoms with E-state index < -0.39 is 12.0 Å². The largest absolute Gasteiger partial charge is 0.480 e. The highest BCUT2D eigenvalue weighted by Crippen LogP contribution is 1.93. The molecule has 0 aromatic carbocycles. The highest BCUT2D eigenvalue weighted by atomic mass is 16.5. The first-order valence-electron chi connectivity index (χ1n) is 3.95. The maximum atomic E-state index is 10.6. The molecule has 6 heteroatoms. The monoisotopic (exact) mass is 185 g/mol. The van der Waals surface area contributed by atoms with E-state index in [-0.39, 0.29) is 0 Å². The topological polar surface area (TPSA) is 88.3 Å². The van der Waals surface area contributed by atoms with Gasteiger partial charge in [0.2, 0.25) is 6.39 Å². The van der Waals surface area contributed by atoms with Gasteiger partial charge in [-0.3, -0.25) is 10.1 Å². The van der Waals surface area contributed by atoms with Crippen molar-refractivity contribution in [2.24, 2.45) is 0 Å². The van der Waals surface area contributed by atoms with E-state index in [0.29, 0.717) is 18.8 Å². The predicted octanol–water partition coefficient (Wildman–Crippen LogP) is 0.0224. The molecule has 1 rings (SSSR count). The van der Waals surface area contributed by atoms with Gasteiger partial charge in [0.1, 0.15) is 6.04 Å². The molecule has 1 unspecified atom stereocenters. The summed E-state index contributed by atoms with van der Waals surface area (Å²) in [5.74, 6) is -0.411. The maximum Gasteiger partial charge on any atom is 0.320 e. The van der Waals surface area contributed by atoms with Crippen molar-refractivity contribution in [3.63, 3.8) is 0 Å². The molecule has 6 nitrogen and oxygen atoms in total. The van der Waals surface area contributed by atoms with Gasteiger partial charge in [0.05, 0.1) is 6.54 Å². The van der Waals surface area contributed by atoms with Gasteiger partial charge in [0, 0.05) is 0 Å². The Bertz CT molecular complexity index is 260. The molecule has 1 heterocycles. The number of nitrogens with one attached hydrogen (secondary N) is 1. The van der Waals surface area contributed by atoms with E-state index in [1.54, 1.807) is 6.92 Å². The molecule has 0 aliphatic heterocycles. The minimum absolute atomic E-state index is 0.307. The highest BCUT2D eigenvalue weighted by molar-refractivity contribution is 5.73. The lowest BCUT2D eigenvalue weighted by Crippen LogP contribution is -2.35. The minimum Gasteiger partial charge on any atom is -0.480 e. The summed E-state index contributed by atoms with van der Waals surface area (Å²) in [5.41, 5.74) is 0. The normalized spacial score (nSPS) is 12.7. The summed E-state index contributed by atoms with van der Waals surface area (Å²) in [5, 5.41) is 15.0. The Morgan fingerprint density at radius 3 is 3.08 bits per heavy atom. The summed E-state index contributed by atoms with van der Waals surface area (Å²) in [4.78, 5) is 14.3. The second-order valence-corrected chi connectivity index (χ2v) is 2.53. The van der Waals surface area contributed by atoms with Crippen LogP contribution in [0.2, 0.25) is 0 Å². The third kappa shape index (κ3) is 2.83. The van der Waals surface area contributed by atoms with E-state index >= 15 is 0 Å². The molecule has 0 bridgehead atoms. The summed E-state index contributed by atoms with van der Waals surface area (Å²) in [7, 11) is 0. The molecule has 0 spiro atoms. The second kappa shape index (κ2) is 4.56. The summed E-state index contributed by atoms with van der Waals surface area (Å²) in [6.07, 6.45) is 1.73. The zero-order valence-electron chi connectivity index (χ0n) is 7.23. The fourth-order valence-corrected chi connectivity index (χ4v) is 0.891. The fraction of sp³-hybridized carbons (Fsp3) is 0.571. The van der Waals surface area contributed by atoms with Gasteiger partial charge in [0.25, 0.3) is 0 Å². The lowest BCUT2D eigenvalue weighted by molar-refractivity contribution is -0.139. The zero-order valence-corrected chi connectivity index (χ0v) is 7.23. The van der Waals surface area contributed by atoms with Crippen molar-refractivity contribution in [1.82, 2.24) is 15.5 Å². The molecule has 0 saturated carbocycles. The third-order valence-electron chi connectivity index (χ3n) is 1.62. The van der Waals surface area contributed by atoms with E-state index in [0.717, 1.165) is 0 Å².